The third-order valence-corrected chi connectivity index (χ3v) is 2.80. The van der Waals surface area contributed by atoms with Crippen molar-refractivity contribution in [3.8, 4) is 0 Å². The van der Waals surface area contributed by atoms with Gasteiger partial charge in [0, 0.05) is 4.47 Å². The van der Waals surface area contributed by atoms with Crippen LogP contribution in [0.25, 0.3) is 0 Å². The topological polar surface area (TPSA) is 54.4 Å². The second-order valence-corrected chi connectivity index (χ2v) is 3.60. The number of hydrogen-bond donors (Lipinski definition) is 1. The number of carboxylic acid groups (broad SMARTS) is 1. The summed E-state index contributed by atoms with van der Waals surface area (Å²) in [6.45, 7) is 0. The molecule has 3 nitrogen and oxygen atoms in total. The largest absolute Gasteiger partial charge is 0.478 e. The molecule has 0 aromatic heterocycles. The summed E-state index contributed by atoms with van der Waals surface area (Å²) in [4.78, 5) is 21.0. The van der Waals surface area contributed by atoms with E-state index in [1.54, 1.807) is 0 Å². The zero-order valence-corrected chi connectivity index (χ0v) is 8.89. The minimum absolute atomic E-state index is 0.137. The number of hydrogen-bond acceptors (Lipinski definition) is 2. The second-order valence-electron chi connectivity index (χ2n) is 2.37. The van der Waals surface area contributed by atoms with Gasteiger partial charge in [0.1, 0.15) is 5.82 Å². The Hall–Kier alpha value is -0.940. The lowest BCUT2D eigenvalue weighted by Gasteiger charge is -2.04. The molecule has 1 N–H and O–H groups in total. The maximum Gasteiger partial charge on any atom is 0.338 e. The summed E-state index contributed by atoms with van der Waals surface area (Å²) in [6, 6.07) is 1.01. The van der Waals surface area contributed by atoms with E-state index in [1.165, 1.54) is 0 Å². The first-order valence-corrected chi connectivity index (χ1v) is 4.52. The molecule has 0 bridgehead atoms. The number of carbonyl (C=O) groups is 2. The lowest BCUT2D eigenvalue weighted by Crippen LogP contribution is -2.04. The fourth-order valence-corrected chi connectivity index (χ4v) is 1.51. The normalized spacial score (nSPS) is 9.93. The number of carboxylic acids is 1. The molecule has 74 valence electrons. The first-order chi connectivity index (χ1) is 6.49. The van der Waals surface area contributed by atoms with Gasteiger partial charge < -0.3 is 5.11 Å². The van der Waals surface area contributed by atoms with E-state index in [9.17, 15) is 14.0 Å². The SMILES string of the molecule is O=Cc1c(F)c(C(=O)O)cc(Br)c1Cl. The third-order valence-electron chi connectivity index (χ3n) is 1.54. The van der Waals surface area contributed by atoms with Crippen molar-refractivity contribution in [2.75, 3.05) is 0 Å². The molecule has 14 heavy (non-hydrogen) atoms. The molecule has 0 spiro atoms. The molecule has 6 heteroatoms. The molecule has 0 aliphatic heterocycles. The maximum absolute atomic E-state index is 13.2. The van der Waals surface area contributed by atoms with E-state index in [2.05, 4.69) is 15.9 Å². The lowest BCUT2D eigenvalue weighted by atomic mass is 10.1. The monoisotopic (exact) mass is 280 g/mol. The minimum atomic E-state index is -1.46. The number of aldehydes is 1. The first-order valence-electron chi connectivity index (χ1n) is 3.35. The minimum Gasteiger partial charge on any atom is -0.478 e. The molecule has 0 saturated carbocycles. The van der Waals surface area contributed by atoms with Gasteiger partial charge in [-0.25, -0.2) is 9.18 Å². The van der Waals surface area contributed by atoms with Gasteiger partial charge in [-0.2, -0.15) is 0 Å². The zero-order valence-electron chi connectivity index (χ0n) is 6.55. The summed E-state index contributed by atoms with van der Waals surface area (Å²) in [6.07, 6.45) is 0.175. The number of carbonyl (C=O) groups excluding carboxylic acids is 1. The molecule has 0 unspecified atom stereocenters. The molecule has 0 heterocycles. The van der Waals surface area contributed by atoms with Crippen molar-refractivity contribution in [3.63, 3.8) is 0 Å². The molecule has 1 rings (SSSR count). The first kappa shape index (κ1) is 11.1. The molecule has 1 aromatic carbocycles. The van der Waals surface area contributed by atoms with Gasteiger partial charge in [0.15, 0.2) is 6.29 Å². The molecular weight excluding hydrogens is 278 g/mol. The van der Waals surface area contributed by atoms with E-state index in [1.807, 2.05) is 0 Å². The van der Waals surface area contributed by atoms with Gasteiger partial charge in [0.25, 0.3) is 0 Å². The van der Waals surface area contributed by atoms with E-state index in [0.29, 0.717) is 0 Å². The summed E-state index contributed by atoms with van der Waals surface area (Å²) >= 11 is 8.48. The molecular formula is C8H3BrClFO3. The summed E-state index contributed by atoms with van der Waals surface area (Å²) in [5.74, 6) is -2.58. The summed E-state index contributed by atoms with van der Waals surface area (Å²) in [5, 5.41) is 8.44. The Kier molecular flexibility index (Phi) is 3.23. The average Bonchev–Trinajstić information content (AvgIpc) is 2.12. The van der Waals surface area contributed by atoms with Crippen LogP contribution in [0.3, 0.4) is 0 Å². The van der Waals surface area contributed by atoms with Crippen LogP contribution in [0.5, 0.6) is 0 Å². The maximum atomic E-state index is 13.2. The van der Waals surface area contributed by atoms with Crippen molar-refractivity contribution in [3.05, 3.63) is 32.5 Å². The number of benzene rings is 1. The van der Waals surface area contributed by atoms with Crippen LogP contribution in [-0.4, -0.2) is 17.4 Å². The fraction of sp³-hybridized carbons (Fsp3) is 0. The molecule has 1 aromatic rings. The molecule has 0 aliphatic rings. The van der Waals surface area contributed by atoms with Crippen LogP contribution in [0.2, 0.25) is 5.02 Å². The fourth-order valence-electron chi connectivity index (χ4n) is 0.883. The van der Waals surface area contributed by atoms with E-state index in [-0.39, 0.29) is 15.8 Å². The van der Waals surface area contributed by atoms with Crippen molar-refractivity contribution in [2.24, 2.45) is 0 Å². The van der Waals surface area contributed by atoms with E-state index in [0.717, 1.165) is 6.07 Å². The van der Waals surface area contributed by atoms with Crippen molar-refractivity contribution < 1.29 is 19.1 Å². The van der Waals surface area contributed by atoms with Crippen molar-refractivity contribution in [2.45, 2.75) is 0 Å². The van der Waals surface area contributed by atoms with Crippen molar-refractivity contribution in [1.29, 1.82) is 0 Å². The number of halogens is 3. The molecule has 0 amide bonds. The molecule has 0 aliphatic carbocycles. The van der Waals surface area contributed by atoms with E-state index < -0.39 is 22.9 Å². The van der Waals surface area contributed by atoms with Crippen LogP contribution >= 0.6 is 27.5 Å². The van der Waals surface area contributed by atoms with Gasteiger partial charge >= 0.3 is 5.97 Å². The van der Waals surface area contributed by atoms with Gasteiger partial charge in [-0.05, 0) is 22.0 Å². The Balaban J connectivity index is 3.58. The molecule has 0 fully saturated rings. The van der Waals surface area contributed by atoms with Gasteiger partial charge in [-0.15, -0.1) is 0 Å². The predicted molar refractivity (Wildman–Crippen MR) is 51.5 cm³/mol. The highest BCUT2D eigenvalue weighted by atomic mass is 79.9. The third kappa shape index (κ3) is 1.78. The highest BCUT2D eigenvalue weighted by Crippen LogP contribution is 2.29. The van der Waals surface area contributed by atoms with Gasteiger partial charge in [-0.3, -0.25) is 4.79 Å². The smallest absolute Gasteiger partial charge is 0.338 e. The standard InChI is InChI=1S/C8H3BrClFO3/c9-5-1-3(8(13)14)7(11)4(2-12)6(5)10/h1-2H,(H,13,14). The van der Waals surface area contributed by atoms with Gasteiger partial charge in [-0.1, -0.05) is 11.6 Å². The Morgan fingerprint density at radius 2 is 2.21 bits per heavy atom. The van der Waals surface area contributed by atoms with E-state index >= 15 is 0 Å². The summed E-state index contributed by atoms with van der Waals surface area (Å²) in [7, 11) is 0. The second kappa shape index (κ2) is 4.06. The van der Waals surface area contributed by atoms with Crippen LogP contribution in [0.1, 0.15) is 20.7 Å². The Bertz CT molecular complexity index is 420. The van der Waals surface area contributed by atoms with Gasteiger partial charge in [0.2, 0.25) is 0 Å². The van der Waals surface area contributed by atoms with Crippen molar-refractivity contribution >= 4 is 39.8 Å². The molecule has 0 radical (unpaired) electrons. The van der Waals surface area contributed by atoms with E-state index in [4.69, 9.17) is 16.7 Å². The predicted octanol–water partition coefficient (Wildman–Crippen LogP) is 2.75. The zero-order chi connectivity index (χ0) is 10.9. The quantitative estimate of drug-likeness (QED) is 0.670. The van der Waals surface area contributed by atoms with Crippen LogP contribution in [0, 0.1) is 5.82 Å². The lowest BCUT2D eigenvalue weighted by molar-refractivity contribution is 0.0692. The van der Waals surface area contributed by atoms with Crippen LogP contribution in [0.15, 0.2) is 10.5 Å². The number of rotatable bonds is 2. The van der Waals surface area contributed by atoms with Crippen LogP contribution in [0.4, 0.5) is 4.39 Å². The Morgan fingerprint density at radius 1 is 1.64 bits per heavy atom. The van der Waals surface area contributed by atoms with Gasteiger partial charge in [0.05, 0.1) is 16.1 Å². The Morgan fingerprint density at radius 3 is 2.64 bits per heavy atom. The molecule has 0 saturated heterocycles. The van der Waals surface area contributed by atoms with Crippen LogP contribution < -0.4 is 0 Å². The Labute approximate surface area is 91.6 Å². The highest BCUT2D eigenvalue weighted by Gasteiger charge is 2.19. The highest BCUT2D eigenvalue weighted by molar-refractivity contribution is 9.10. The average molecular weight is 281 g/mol. The van der Waals surface area contributed by atoms with Crippen LogP contribution in [-0.2, 0) is 0 Å². The van der Waals surface area contributed by atoms with Crippen molar-refractivity contribution in [1.82, 2.24) is 0 Å². The summed E-state index contributed by atoms with van der Waals surface area (Å²) in [5.41, 5.74) is -1.05. The summed E-state index contributed by atoms with van der Waals surface area (Å²) < 4.78 is 13.4. The number of aromatic carboxylic acids is 1. The molecule has 0 atom stereocenters.